The number of aromatic nitrogens is 2. The van der Waals surface area contributed by atoms with Crippen LogP contribution in [0.15, 0.2) is 46.0 Å². The van der Waals surface area contributed by atoms with E-state index >= 15 is 0 Å². The van der Waals surface area contributed by atoms with E-state index in [1.54, 1.807) is 18.2 Å². The maximum atomic E-state index is 12.4. The van der Waals surface area contributed by atoms with Crippen LogP contribution in [0.5, 0.6) is 0 Å². The van der Waals surface area contributed by atoms with E-state index in [-0.39, 0.29) is 10.9 Å². The molecule has 0 fully saturated rings. The summed E-state index contributed by atoms with van der Waals surface area (Å²) in [7, 11) is -2.49. The van der Waals surface area contributed by atoms with Crippen molar-refractivity contribution in [1.82, 2.24) is 14.5 Å². The van der Waals surface area contributed by atoms with Crippen molar-refractivity contribution in [2.45, 2.75) is 5.09 Å². The normalized spacial score (nSPS) is 11.9. The topological polar surface area (TPSA) is 120 Å². The van der Waals surface area contributed by atoms with Crippen molar-refractivity contribution >= 4 is 32.5 Å². The molecule has 8 nitrogen and oxygen atoms in total. The van der Waals surface area contributed by atoms with Gasteiger partial charge in [0, 0.05) is 11.1 Å². The fourth-order valence-corrected chi connectivity index (χ4v) is 2.65. The minimum atomic E-state index is -3.74. The number of hydrogen-bond acceptors (Lipinski definition) is 6. The lowest BCUT2D eigenvalue weighted by Crippen LogP contribution is -2.18. The van der Waals surface area contributed by atoms with Gasteiger partial charge >= 0.3 is 5.91 Å². The van der Waals surface area contributed by atoms with Crippen LogP contribution >= 0.6 is 0 Å². The monoisotopic (exact) mass is 320 g/mol. The number of furan rings is 1. The molecule has 0 spiro atoms. The van der Waals surface area contributed by atoms with Crippen LogP contribution in [-0.4, -0.2) is 31.2 Å². The minimum Gasteiger partial charge on any atom is -0.438 e. The molecule has 9 heteroatoms. The fraction of sp³-hybridized carbons (Fsp3) is 0.0769. The number of nitrogens with zero attached hydrogens (tertiary/aromatic N) is 2. The van der Waals surface area contributed by atoms with E-state index in [9.17, 15) is 13.2 Å². The molecule has 0 bridgehead atoms. The largest absolute Gasteiger partial charge is 0.438 e. The predicted octanol–water partition coefficient (Wildman–Crippen LogP) is 0.808. The summed E-state index contributed by atoms with van der Waals surface area (Å²) in [6, 6.07) is 7.49. The van der Waals surface area contributed by atoms with Crippen LogP contribution in [0.4, 0.5) is 5.69 Å². The third-order valence-electron chi connectivity index (χ3n) is 3.11. The lowest BCUT2D eigenvalue weighted by Gasteiger charge is -2.00. The lowest BCUT2D eigenvalue weighted by molar-refractivity contribution is 0.0917. The Labute approximate surface area is 125 Å². The second-order valence-electron chi connectivity index (χ2n) is 4.51. The maximum Gasteiger partial charge on any atom is 0.314 e. The van der Waals surface area contributed by atoms with Crippen LogP contribution < -0.4 is 10.5 Å². The molecule has 0 unspecified atom stereocenters. The van der Waals surface area contributed by atoms with Gasteiger partial charge in [-0.15, -0.1) is 0 Å². The highest BCUT2D eigenvalue weighted by molar-refractivity contribution is 7.89. The average molecular weight is 320 g/mol. The molecule has 0 aliphatic rings. The zero-order valence-electron chi connectivity index (χ0n) is 11.5. The van der Waals surface area contributed by atoms with Gasteiger partial charge in [0.2, 0.25) is 5.09 Å². The van der Waals surface area contributed by atoms with Gasteiger partial charge in [0.15, 0.2) is 5.76 Å². The summed E-state index contributed by atoms with van der Waals surface area (Å²) in [5.74, 6) is -0.701. The zero-order valence-corrected chi connectivity index (χ0v) is 12.3. The summed E-state index contributed by atoms with van der Waals surface area (Å²) in [6.07, 6.45) is 1.50. The quantitative estimate of drug-likeness (QED) is 0.689. The summed E-state index contributed by atoms with van der Waals surface area (Å²) in [5, 5.41) is 4.35. The molecule has 0 radical (unpaired) electrons. The van der Waals surface area contributed by atoms with E-state index < -0.39 is 15.9 Å². The minimum absolute atomic E-state index is 0.129. The molecule has 114 valence electrons. The number of rotatable bonds is 3. The molecule has 0 atom stereocenters. The number of nitrogens with one attached hydrogen (secondary N) is 1. The summed E-state index contributed by atoms with van der Waals surface area (Å²) >= 11 is 0. The fourth-order valence-electron chi connectivity index (χ4n) is 2.00. The van der Waals surface area contributed by atoms with Crippen LogP contribution in [0.1, 0.15) is 10.6 Å². The van der Waals surface area contributed by atoms with Gasteiger partial charge in [-0.25, -0.2) is 13.1 Å². The number of nitrogen functional groups attached to an aromatic ring is 1. The first kappa shape index (κ1) is 14.3. The lowest BCUT2D eigenvalue weighted by atomic mass is 10.2. The van der Waals surface area contributed by atoms with E-state index in [4.69, 9.17) is 10.2 Å². The Kier molecular flexibility index (Phi) is 3.23. The van der Waals surface area contributed by atoms with E-state index in [2.05, 4.69) is 9.82 Å². The highest BCUT2D eigenvalue weighted by Crippen LogP contribution is 2.20. The number of carbonyl (C=O) groups excluding carboxylic acids is 1. The predicted molar refractivity (Wildman–Crippen MR) is 78.8 cm³/mol. The first-order chi connectivity index (χ1) is 10.4. The summed E-state index contributed by atoms with van der Waals surface area (Å²) < 4.78 is 31.6. The molecule has 1 aromatic carbocycles. The average Bonchev–Trinajstić information content (AvgIpc) is 3.13. The van der Waals surface area contributed by atoms with Crippen molar-refractivity contribution in [3.8, 4) is 0 Å². The van der Waals surface area contributed by atoms with Crippen molar-refractivity contribution in [2.75, 3.05) is 12.8 Å². The van der Waals surface area contributed by atoms with E-state index in [0.29, 0.717) is 16.6 Å². The Morgan fingerprint density at radius 1 is 1.32 bits per heavy atom. The third-order valence-corrected chi connectivity index (χ3v) is 4.40. The second kappa shape index (κ2) is 4.97. The van der Waals surface area contributed by atoms with E-state index in [1.807, 2.05) is 0 Å². The number of benzene rings is 1. The molecular formula is C13H12N4O4S. The van der Waals surface area contributed by atoms with Crippen LogP contribution in [-0.2, 0) is 10.0 Å². The molecule has 2 heterocycles. The standard InChI is InChI=1S/C13H12N4O4S/c1-15-22(19,20)12-5-4-11(21-12)13(18)17-10-3-2-9(14)6-8(10)7-16-17/h2-7,15H,14H2,1H3. The second-order valence-corrected chi connectivity index (χ2v) is 6.32. The Morgan fingerprint density at radius 2 is 2.09 bits per heavy atom. The Hall–Kier alpha value is -2.65. The van der Waals surface area contributed by atoms with Gasteiger partial charge in [-0.05, 0) is 37.4 Å². The van der Waals surface area contributed by atoms with Crippen molar-refractivity contribution in [1.29, 1.82) is 0 Å². The highest BCUT2D eigenvalue weighted by atomic mass is 32.2. The zero-order chi connectivity index (χ0) is 15.9. The van der Waals surface area contributed by atoms with Gasteiger partial charge in [0.25, 0.3) is 10.0 Å². The molecule has 0 aliphatic carbocycles. The first-order valence-corrected chi connectivity index (χ1v) is 7.72. The van der Waals surface area contributed by atoms with Gasteiger partial charge in [-0.2, -0.15) is 9.78 Å². The molecule has 0 saturated heterocycles. The molecule has 3 aromatic rings. The van der Waals surface area contributed by atoms with E-state index in [0.717, 1.165) is 4.68 Å². The van der Waals surface area contributed by atoms with Crippen molar-refractivity contribution in [3.05, 3.63) is 42.3 Å². The molecular weight excluding hydrogens is 308 g/mol. The molecule has 3 N–H and O–H groups in total. The molecule has 3 rings (SSSR count). The third kappa shape index (κ3) is 2.26. The van der Waals surface area contributed by atoms with Gasteiger partial charge < -0.3 is 10.2 Å². The van der Waals surface area contributed by atoms with E-state index in [1.165, 1.54) is 25.4 Å². The Bertz CT molecular complexity index is 971. The molecule has 0 aliphatic heterocycles. The molecule has 2 aromatic heterocycles. The van der Waals surface area contributed by atoms with Gasteiger partial charge in [0.05, 0.1) is 11.7 Å². The SMILES string of the molecule is CNS(=O)(=O)c1ccc(C(=O)n2ncc3cc(N)ccc32)o1. The highest BCUT2D eigenvalue weighted by Gasteiger charge is 2.21. The molecule has 0 amide bonds. The van der Waals surface area contributed by atoms with Crippen LogP contribution in [0.3, 0.4) is 0 Å². The Balaban J connectivity index is 2.03. The number of anilines is 1. The van der Waals surface area contributed by atoms with Crippen molar-refractivity contribution in [3.63, 3.8) is 0 Å². The number of hydrogen-bond donors (Lipinski definition) is 2. The van der Waals surface area contributed by atoms with Crippen LogP contribution in [0.2, 0.25) is 0 Å². The summed E-state index contributed by atoms with van der Waals surface area (Å²) in [6.45, 7) is 0. The maximum absolute atomic E-state index is 12.4. The van der Waals surface area contributed by atoms with Crippen molar-refractivity contribution in [2.24, 2.45) is 0 Å². The number of carbonyl (C=O) groups is 1. The summed E-state index contributed by atoms with van der Waals surface area (Å²) in [4.78, 5) is 12.4. The number of fused-ring (bicyclic) bond motifs is 1. The first-order valence-electron chi connectivity index (χ1n) is 6.24. The van der Waals surface area contributed by atoms with Gasteiger partial charge in [-0.1, -0.05) is 0 Å². The smallest absolute Gasteiger partial charge is 0.314 e. The van der Waals surface area contributed by atoms with Gasteiger partial charge in [0.1, 0.15) is 0 Å². The van der Waals surface area contributed by atoms with Crippen LogP contribution in [0, 0.1) is 0 Å². The van der Waals surface area contributed by atoms with Gasteiger partial charge in [-0.3, -0.25) is 4.79 Å². The molecule has 0 saturated carbocycles. The number of nitrogens with two attached hydrogens (primary N) is 1. The Morgan fingerprint density at radius 3 is 2.82 bits per heavy atom. The number of sulfonamides is 1. The molecule has 22 heavy (non-hydrogen) atoms. The van der Waals surface area contributed by atoms with Crippen LogP contribution in [0.25, 0.3) is 10.9 Å². The summed E-state index contributed by atoms with van der Waals surface area (Å²) in [5.41, 5.74) is 6.78. The van der Waals surface area contributed by atoms with Crippen molar-refractivity contribution < 1.29 is 17.6 Å².